The summed E-state index contributed by atoms with van der Waals surface area (Å²) >= 11 is 0. The minimum Gasteiger partial charge on any atom is -0.394 e. The second kappa shape index (κ2) is 8.53. The van der Waals surface area contributed by atoms with E-state index in [0.717, 1.165) is 19.3 Å². The molecule has 4 N–H and O–H groups in total. The highest BCUT2D eigenvalue weighted by Gasteiger charge is 2.45. The number of aliphatic hydroxyl groups is 3. The van der Waals surface area contributed by atoms with Crippen LogP contribution in [-0.4, -0.2) is 65.1 Å². The molecular weight excluding hydrogens is 266 g/mol. The molecule has 5 atom stereocenters. The molecule has 0 bridgehead atoms. The summed E-state index contributed by atoms with van der Waals surface area (Å²) < 4.78 is 10.9. The topological polar surface area (TPSA) is 108 Å². The van der Waals surface area contributed by atoms with Crippen LogP contribution in [0.4, 0.5) is 0 Å². The number of carbonyl (C=O) groups is 1. The molecule has 20 heavy (non-hydrogen) atoms. The van der Waals surface area contributed by atoms with Gasteiger partial charge in [0.15, 0.2) is 6.29 Å². The van der Waals surface area contributed by atoms with E-state index in [0.29, 0.717) is 6.61 Å². The molecule has 1 heterocycles. The first kappa shape index (κ1) is 17.3. The number of ether oxygens (including phenoxy) is 2. The maximum Gasteiger partial charge on any atom is 0.217 e. The summed E-state index contributed by atoms with van der Waals surface area (Å²) in [6, 6.07) is -0.855. The third-order valence-corrected chi connectivity index (χ3v) is 3.28. The van der Waals surface area contributed by atoms with Crippen LogP contribution in [0.15, 0.2) is 0 Å². The number of aliphatic hydroxyl groups excluding tert-OH is 3. The van der Waals surface area contributed by atoms with E-state index in [-0.39, 0.29) is 5.91 Å². The zero-order chi connectivity index (χ0) is 15.1. The second-order valence-corrected chi connectivity index (χ2v) is 5.01. The largest absolute Gasteiger partial charge is 0.394 e. The summed E-state index contributed by atoms with van der Waals surface area (Å²) in [4.78, 5) is 11.2. The summed E-state index contributed by atoms with van der Waals surface area (Å²) in [5, 5.41) is 31.5. The van der Waals surface area contributed by atoms with Gasteiger partial charge in [-0.15, -0.1) is 0 Å². The number of hydrogen-bond donors (Lipinski definition) is 4. The van der Waals surface area contributed by atoms with Crippen molar-refractivity contribution in [1.82, 2.24) is 5.32 Å². The first-order valence-corrected chi connectivity index (χ1v) is 7.02. The number of rotatable bonds is 7. The monoisotopic (exact) mass is 291 g/mol. The van der Waals surface area contributed by atoms with Gasteiger partial charge in [0.2, 0.25) is 5.91 Å². The molecule has 7 heteroatoms. The van der Waals surface area contributed by atoms with Crippen LogP contribution in [0.3, 0.4) is 0 Å². The van der Waals surface area contributed by atoms with Crippen LogP contribution in [-0.2, 0) is 14.3 Å². The van der Waals surface area contributed by atoms with Crippen molar-refractivity contribution < 1.29 is 29.6 Å². The molecule has 118 valence electrons. The highest BCUT2D eigenvalue weighted by molar-refractivity contribution is 5.73. The average Bonchev–Trinajstić information content (AvgIpc) is 2.41. The molecule has 0 unspecified atom stereocenters. The quantitative estimate of drug-likeness (QED) is 0.454. The predicted molar refractivity (Wildman–Crippen MR) is 70.8 cm³/mol. The molecule has 0 radical (unpaired) electrons. The molecule has 1 saturated heterocycles. The van der Waals surface area contributed by atoms with E-state index in [1.54, 1.807) is 0 Å². The number of carbonyl (C=O) groups excluding carboxylic acids is 1. The van der Waals surface area contributed by atoms with Crippen LogP contribution in [0, 0.1) is 0 Å². The summed E-state index contributed by atoms with van der Waals surface area (Å²) in [5.41, 5.74) is 0. The van der Waals surface area contributed by atoms with Crippen molar-refractivity contribution in [2.45, 2.75) is 63.8 Å². The van der Waals surface area contributed by atoms with Gasteiger partial charge in [-0.05, 0) is 6.42 Å². The van der Waals surface area contributed by atoms with Crippen molar-refractivity contribution in [3.05, 3.63) is 0 Å². The Morgan fingerprint density at radius 2 is 2.00 bits per heavy atom. The van der Waals surface area contributed by atoms with Gasteiger partial charge in [0.25, 0.3) is 0 Å². The van der Waals surface area contributed by atoms with Crippen molar-refractivity contribution in [2.24, 2.45) is 0 Å². The van der Waals surface area contributed by atoms with E-state index in [1.165, 1.54) is 6.92 Å². The van der Waals surface area contributed by atoms with E-state index in [2.05, 4.69) is 12.2 Å². The molecule has 0 saturated carbocycles. The maximum absolute atomic E-state index is 11.2. The Hall–Kier alpha value is -0.730. The Balaban J connectivity index is 2.65. The summed E-state index contributed by atoms with van der Waals surface area (Å²) in [7, 11) is 0. The summed E-state index contributed by atoms with van der Waals surface area (Å²) in [5.74, 6) is -0.352. The molecule has 1 aliphatic rings. The summed E-state index contributed by atoms with van der Waals surface area (Å²) in [6.07, 6.45) is -1.44. The first-order valence-electron chi connectivity index (χ1n) is 7.02. The Kier molecular flexibility index (Phi) is 7.39. The first-order chi connectivity index (χ1) is 9.51. The minimum absolute atomic E-state index is 0.352. The smallest absolute Gasteiger partial charge is 0.217 e. The molecular formula is C13H25NO6. The van der Waals surface area contributed by atoms with Gasteiger partial charge in [-0.1, -0.05) is 19.8 Å². The van der Waals surface area contributed by atoms with Crippen LogP contribution in [0.25, 0.3) is 0 Å². The van der Waals surface area contributed by atoms with E-state index < -0.39 is 37.3 Å². The van der Waals surface area contributed by atoms with Crippen molar-refractivity contribution in [3.63, 3.8) is 0 Å². The lowest BCUT2D eigenvalue weighted by molar-refractivity contribution is -0.270. The Morgan fingerprint density at radius 3 is 2.55 bits per heavy atom. The van der Waals surface area contributed by atoms with Crippen LogP contribution in [0.5, 0.6) is 0 Å². The average molecular weight is 291 g/mol. The maximum atomic E-state index is 11.2. The van der Waals surface area contributed by atoms with Gasteiger partial charge in [-0.3, -0.25) is 4.79 Å². The van der Waals surface area contributed by atoms with Gasteiger partial charge in [0.1, 0.15) is 24.4 Å². The Morgan fingerprint density at radius 1 is 1.30 bits per heavy atom. The second-order valence-electron chi connectivity index (χ2n) is 5.01. The lowest BCUT2D eigenvalue weighted by atomic mass is 9.97. The third-order valence-electron chi connectivity index (χ3n) is 3.28. The lowest BCUT2D eigenvalue weighted by Gasteiger charge is -2.42. The zero-order valence-electron chi connectivity index (χ0n) is 12.0. The molecule has 0 aromatic rings. The molecule has 0 aromatic heterocycles. The highest BCUT2D eigenvalue weighted by atomic mass is 16.7. The zero-order valence-corrected chi connectivity index (χ0v) is 12.0. The fourth-order valence-electron chi connectivity index (χ4n) is 2.16. The highest BCUT2D eigenvalue weighted by Crippen LogP contribution is 2.22. The standard InChI is InChI=1S/C13H25NO6/c1-3-4-5-6-19-13-10(14-8(2)16)12(18)11(17)9(7-15)20-13/h9-13,15,17-18H,3-7H2,1-2H3,(H,14,16)/t9-,10-,11-,12-,13-/m0/s1. The molecule has 1 fully saturated rings. The fraction of sp³-hybridized carbons (Fsp3) is 0.923. The van der Waals surface area contributed by atoms with Gasteiger partial charge >= 0.3 is 0 Å². The van der Waals surface area contributed by atoms with Crippen molar-refractivity contribution in [3.8, 4) is 0 Å². The van der Waals surface area contributed by atoms with Crippen LogP contribution >= 0.6 is 0 Å². The van der Waals surface area contributed by atoms with Crippen molar-refractivity contribution in [1.29, 1.82) is 0 Å². The summed E-state index contributed by atoms with van der Waals surface area (Å²) in [6.45, 7) is 3.37. The molecule has 7 nitrogen and oxygen atoms in total. The number of unbranched alkanes of at least 4 members (excludes halogenated alkanes) is 2. The van der Waals surface area contributed by atoms with Crippen LogP contribution in [0.2, 0.25) is 0 Å². The lowest BCUT2D eigenvalue weighted by Crippen LogP contribution is -2.64. The molecule has 1 rings (SSSR count). The van der Waals surface area contributed by atoms with Gasteiger partial charge in [-0.2, -0.15) is 0 Å². The molecule has 0 spiro atoms. The van der Waals surface area contributed by atoms with E-state index in [9.17, 15) is 15.0 Å². The normalized spacial score (nSPS) is 34.0. The minimum atomic E-state index is -1.27. The van der Waals surface area contributed by atoms with Gasteiger partial charge in [-0.25, -0.2) is 0 Å². The van der Waals surface area contributed by atoms with Crippen LogP contribution in [0.1, 0.15) is 33.1 Å². The van der Waals surface area contributed by atoms with E-state index in [4.69, 9.17) is 14.6 Å². The Labute approximate surface area is 118 Å². The van der Waals surface area contributed by atoms with Crippen LogP contribution < -0.4 is 5.32 Å². The SMILES string of the molecule is CCCCCO[C@H]1O[C@@H](CO)[C@H](O)[C@@H](O)[C@@H]1NC(C)=O. The molecule has 1 amide bonds. The predicted octanol–water partition coefficient (Wildman–Crippen LogP) is -0.863. The molecule has 1 aliphatic heterocycles. The van der Waals surface area contributed by atoms with Crippen molar-refractivity contribution >= 4 is 5.91 Å². The van der Waals surface area contributed by atoms with Gasteiger partial charge in [0, 0.05) is 13.5 Å². The van der Waals surface area contributed by atoms with Gasteiger partial charge < -0.3 is 30.1 Å². The van der Waals surface area contributed by atoms with E-state index >= 15 is 0 Å². The van der Waals surface area contributed by atoms with Gasteiger partial charge in [0.05, 0.1) is 6.61 Å². The number of nitrogens with one attached hydrogen (secondary N) is 1. The molecule has 0 aliphatic carbocycles. The molecule has 0 aromatic carbocycles. The fourth-order valence-corrected chi connectivity index (χ4v) is 2.16. The number of amides is 1. The van der Waals surface area contributed by atoms with E-state index in [1.807, 2.05) is 0 Å². The van der Waals surface area contributed by atoms with Crippen molar-refractivity contribution in [2.75, 3.05) is 13.2 Å². The number of hydrogen-bond acceptors (Lipinski definition) is 6. The third kappa shape index (κ3) is 4.68. The Bertz CT molecular complexity index is 301.